The lowest BCUT2D eigenvalue weighted by Gasteiger charge is -2.13. The zero-order chi connectivity index (χ0) is 17.9. The molecule has 0 aliphatic heterocycles. The fourth-order valence-corrected chi connectivity index (χ4v) is 2.77. The van der Waals surface area contributed by atoms with Crippen LogP contribution in [0.5, 0.6) is 17.4 Å². The Labute approximate surface area is 155 Å². The van der Waals surface area contributed by atoms with Crippen LogP contribution in [0.15, 0.2) is 60.7 Å². The molecule has 7 heteroatoms. The van der Waals surface area contributed by atoms with Gasteiger partial charge in [-0.05, 0) is 48.4 Å². The Bertz CT molecular complexity index is 1050. The van der Waals surface area contributed by atoms with Gasteiger partial charge in [0.05, 0.1) is 6.61 Å². The monoisotopic (exact) mass is 366 g/mol. The van der Waals surface area contributed by atoms with Crippen LogP contribution in [0.25, 0.3) is 16.8 Å². The summed E-state index contributed by atoms with van der Waals surface area (Å²) in [5.74, 6) is 1.83. The van der Waals surface area contributed by atoms with Crippen LogP contribution in [0, 0.1) is 0 Å². The van der Waals surface area contributed by atoms with Crippen LogP contribution in [0.4, 0.5) is 0 Å². The lowest BCUT2D eigenvalue weighted by molar-refractivity contribution is 0.339. The summed E-state index contributed by atoms with van der Waals surface area (Å²) in [6, 6.07) is 19.1. The van der Waals surface area contributed by atoms with E-state index in [1.54, 1.807) is 12.1 Å². The van der Waals surface area contributed by atoms with Gasteiger partial charge in [0.15, 0.2) is 5.65 Å². The molecule has 0 bridgehead atoms. The van der Waals surface area contributed by atoms with E-state index in [1.807, 2.05) is 55.5 Å². The van der Waals surface area contributed by atoms with Crippen LogP contribution >= 0.6 is 11.6 Å². The van der Waals surface area contributed by atoms with Gasteiger partial charge in [-0.2, -0.15) is 4.52 Å². The summed E-state index contributed by atoms with van der Waals surface area (Å²) in [7, 11) is 0. The molecule has 0 N–H and O–H groups in total. The minimum atomic E-state index is 0.181. The van der Waals surface area contributed by atoms with Crippen molar-refractivity contribution in [3.8, 4) is 28.5 Å². The third-order valence-electron chi connectivity index (χ3n) is 3.76. The molecule has 26 heavy (non-hydrogen) atoms. The lowest BCUT2D eigenvalue weighted by Crippen LogP contribution is -1.97. The molecule has 0 spiro atoms. The molecule has 0 amide bonds. The number of nitrogens with zero attached hydrogens (tertiary/aromatic N) is 4. The van der Waals surface area contributed by atoms with E-state index < -0.39 is 0 Å². The molecule has 2 aromatic heterocycles. The Morgan fingerprint density at radius 3 is 2.65 bits per heavy atom. The summed E-state index contributed by atoms with van der Waals surface area (Å²) in [4.78, 5) is 0. The van der Waals surface area contributed by atoms with Gasteiger partial charge in [0.2, 0.25) is 11.2 Å². The number of fused-ring (bicyclic) bond motifs is 1. The van der Waals surface area contributed by atoms with E-state index in [4.69, 9.17) is 21.1 Å². The highest BCUT2D eigenvalue weighted by Crippen LogP contribution is 2.35. The molecule has 2 aromatic carbocycles. The van der Waals surface area contributed by atoms with Gasteiger partial charge >= 0.3 is 0 Å². The molecule has 0 fully saturated rings. The molecule has 0 saturated carbocycles. The molecular weight excluding hydrogens is 352 g/mol. The first kappa shape index (κ1) is 16.4. The quantitative estimate of drug-likeness (QED) is 0.515. The predicted octanol–water partition coefficient (Wildman–Crippen LogP) is 4.64. The van der Waals surface area contributed by atoms with Gasteiger partial charge in [-0.3, -0.25) is 0 Å². The normalized spacial score (nSPS) is 10.8. The van der Waals surface area contributed by atoms with E-state index in [-0.39, 0.29) is 5.28 Å². The molecule has 4 aromatic rings. The minimum Gasteiger partial charge on any atom is -0.494 e. The largest absolute Gasteiger partial charge is 0.494 e. The smallest absolute Gasteiger partial charge is 0.246 e. The number of hydrogen-bond acceptors (Lipinski definition) is 5. The Kier molecular flexibility index (Phi) is 4.41. The Balaban J connectivity index is 1.75. The van der Waals surface area contributed by atoms with Crippen LogP contribution in [-0.4, -0.2) is 26.4 Å². The molecule has 0 aliphatic rings. The predicted molar refractivity (Wildman–Crippen MR) is 98.9 cm³/mol. The average molecular weight is 367 g/mol. The van der Waals surface area contributed by atoms with Crippen LogP contribution in [0.2, 0.25) is 5.28 Å². The highest BCUT2D eigenvalue weighted by atomic mass is 35.5. The molecule has 2 heterocycles. The number of rotatable bonds is 5. The van der Waals surface area contributed by atoms with Crippen molar-refractivity contribution in [3.63, 3.8) is 0 Å². The molecular formula is C19H15ClN4O2. The first-order valence-electron chi connectivity index (χ1n) is 8.12. The molecule has 6 nitrogen and oxygen atoms in total. The van der Waals surface area contributed by atoms with Crippen molar-refractivity contribution in [1.29, 1.82) is 0 Å². The zero-order valence-electron chi connectivity index (χ0n) is 14.0. The van der Waals surface area contributed by atoms with E-state index in [1.165, 1.54) is 4.52 Å². The van der Waals surface area contributed by atoms with Crippen molar-refractivity contribution in [3.05, 3.63) is 65.9 Å². The van der Waals surface area contributed by atoms with E-state index >= 15 is 0 Å². The van der Waals surface area contributed by atoms with Gasteiger partial charge < -0.3 is 9.47 Å². The topological polar surface area (TPSA) is 61.5 Å². The zero-order valence-corrected chi connectivity index (χ0v) is 14.7. The van der Waals surface area contributed by atoms with Crippen molar-refractivity contribution < 1.29 is 9.47 Å². The number of hydrogen-bond donors (Lipinski definition) is 0. The van der Waals surface area contributed by atoms with E-state index in [0.29, 0.717) is 23.9 Å². The fraction of sp³-hybridized carbons (Fsp3) is 0.105. The third kappa shape index (κ3) is 3.19. The number of benzene rings is 2. The Hall–Kier alpha value is -3.12. The summed E-state index contributed by atoms with van der Waals surface area (Å²) < 4.78 is 13.1. The second-order valence-corrected chi connectivity index (χ2v) is 5.81. The Morgan fingerprint density at radius 2 is 1.85 bits per heavy atom. The molecule has 0 saturated heterocycles. The SMILES string of the molecule is CCOc1ccc(Oc2ccc3nnc(Cl)n3n2)c(-c2ccccc2)c1. The number of aromatic nitrogens is 4. The van der Waals surface area contributed by atoms with Gasteiger partial charge in [-0.25, -0.2) is 0 Å². The van der Waals surface area contributed by atoms with E-state index in [9.17, 15) is 0 Å². The van der Waals surface area contributed by atoms with E-state index in [2.05, 4.69) is 15.3 Å². The van der Waals surface area contributed by atoms with Crippen LogP contribution < -0.4 is 9.47 Å². The summed E-state index contributed by atoms with van der Waals surface area (Å²) in [5.41, 5.74) is 2.48. The van der Waals surface area contributed by atoms with Gasteiger partial charge in [-0.15, -0.1) is 15.3 Å². The van der Waals surface area contributed by atoms with Crippen molar-refractivity contribution in [1.82, 2.24) is 19.8 Å². The molecule has 0 atom stereocenters. The molecule has 130 valence electrons. The van der Waals surface area contributed by atoms with Crippen molar-refractivity contribution in [2.75, 3.05) is 6.61 Å². The number of ether oxygens (including phenoxy) is 2. The van der Waals surface area contributed by atoms with Crippen LogP contribution in [0.3, 0.4) is 0 Å². The summed E-state index contributed by atoms with van der Waals surface area (Å²) in [6.45, 7) is 2.55. The highest BCUT2D eigenvalue weighted by molar-refractivity contribution is 6.28. The fourth-order valence-electron chi connectivity index (χ4n) is 2.61. The second kappa shape index (κ2) is 7.01. The molecule has 0 aliphatic carbocycles. The van der Waals surface area contributed by atoms with Crippen molar-refractivity contribution in [2.24, 2.45) is 0 Å². The van der Waals surface area contributed by atoms with Crippen LogP contribution in [-0.2, 0) is 0 Å². The maximum Gasteiger partial charge on any atom is 0.246 e. The highest BCUT2D eigenvalue weighted by Gasteiger charge is 2.12. The van der Waals surface area contributed by atoms with Crippen LogP contribution in [0.1, 0.15) is 6.92 Å². The minimum absolute atomic E-state index is 0.181. The first-order valence-corrected chi connectivity index (χ1v) is 8.50. The summed E-state index contributed by atoms with van der Waals surface area (Å²) in [5, 5.41) is 12.2. The molecule has 0 unspecified atom stereocenters. The standard InChI is InChI=1S/C19H15ClN4O2/c1-2-25-14-8-9-16(15(12-14)13-6-4-3-5-7-13)26-18-11-10-17-21-22-19(20)24(17)23-18/h3-12H,2H2,1H3. The van der Waals surface area contributed by atoms with Gasteiger partial charge in [0.25, 0.3) is 0 Å². The number of halogens is 1. The maximum absolute atomic E-state index is 6.03. The van der Waals surface area contributed by atoms with Crippen molar-refractivity contribution >= 4 is 17.2 Å². The summed E-state index contributed by atoms with van der Waals surface area (Å²) in [6.07, 6.45) is 0. The Morgan fingerprint density at radius 1 is 1.00 bits per heavy atom. The maximum atomic E-state index is 6.03. The average Bonchev–Trinajstić information content (AvgIpc) is 3.04. The summed E-state index contributed by atoms with van der Waals surface area (Å²) >= 11 is 5.99. The van der Waals surface area contributed by atoms with Crippen molar-refractivity contribution in [2.45, 2.75) is 6.92 Å². The van der Waals surface area contributed by atoms with Gasteiger partial charge in [-0.1, -0.05) is 30.3 Å². The molecule has 0 radical (unpaired) electrons. The first-order chi connectivity index (χ1) is 12.7. The molecule has 4 rings (SSSR count). The third-order valence-corrected chi connectivity index (χ3v) is 4.00. The lowest BCUT2D eigenvalue weighted by atomic mass is 10.0. The van der Waals surface area contributed by atoms with E-state index in [0.717, 1.165) is 16.9 Å². The van der Waals surface area contributed by atoms with Gasteiger partial charge in [0.1, 0.15) is 11.5 Å². The second-order valence-electron chi connectivity index (χ2n) is 5.47. The van der Waals surface area contributed by atoms with Gasteiger partial charge in [0, 0.05) is 11.6 Å².